The van der Waals surface area contributed by atoms with Crippen molar-refractivity contribution in [2.75, 3.05) is 10.2 Å². The number of anilines is 2. The van der Waals surface area contributed by atoms with E-state index in [2.05, 4.69) is 71.3 Å². The van der Waals surface area contributed by atoms with E-state index in [0.717, 1.165) is 31.0 Å². The first kappa shape index (κ1) is 14.8. The van der Waals surface area contributed by atoms with Gasteiger partial charge in [0.2, 0.25) is 0 Å². The Morgan fingerprint density at radius 3 is 2.82 bits per heavy atom. The molecule has 116 valence electrons. The maximum Gasteiger partial charge on any atom is 0.134 e. The van der Waals surface area contributed by atoms with E-state index in [-0.39, 0.29) is 0 Å². The number of hydrogen-bond donors (Lipinski definition) is 1. The molecule has 1 aliphatic heterocycles. The fraction of sp³-hybridized carbons (Fsp3) is 0.444. The molecule has 0 bridgehead atoms. The number of aromatic nitrogens is 2. The quantitative estimate of drug-likeness (QED) is 0.935. The highest BCUT2D eigenvalue weighted by Crippen LogP contribution is 2.27. The number of nitrogens with one attached hydrogen (secondary N) is 1. The van der Waals surface area contributed by atoms with Crippen molar-refractivity contribution in [1.29, 1.82) is 0 Å². The highest BCUT2D eigenvalue weighted by atomic mass is 15.2. The summed E-state index contributed by atoms with van der Waals surface area (Å²) in [6, 6.07) is 11.6. The van der Waals surface area contributed by atoms with E-state index in [1.54, 1.807) is 6.33 Å². The van der Waals surface area contributed by atoms with Gasteiger partial charge in [0.15, 0.2) is 0 Å². The highest BCUT2D eigenvalue weighted by Gasteiger charge is 2.23. The second-order valence-electron chi connectivity index (χ2n) is 6.16. The molecule has 0 aliphatic carbocycles. The van der Waals surface area contributed by atoms with E-state index in [1.807, 2.05) is 0 Å². The van der Waals surface area contributed by atoms with Gasteiger partial charge in [-0.15, -0.1) is 0 Å². The lowest BCUT2D eigenvalue weighted by Crippen LogP contribution is -2.39. The standard InChI is InChI=1S/C18H24N4/c1-4-13(2)21-17-10-18(20-12-19-17)22-11-16-8-6-5-7-15(16)9-14(22)3/h5-8,10,12-14H,4,9,11H2,1-3H3,(H,19,20,21)/t13-,14+/m1/s1. The third-order valence-corrected chi connectivity index (χ3v) is 4.46. The van der Waals surface area contributed by atoms with Crippen LogP contribution < -0.4 is 10.2 Å². The normalized spacial score (nSPS) is 18.7. The largest absolute Gasteiger partial charge is 0.367 e. The zero-order valence-corrected chi connectivity index (χ0v) is 13.6. The van der Waals surface area contributed by atoms with Gasteiger partial charge in [-0.25, -0.2) is 9.97 Å². The molecule has 0 saturated heterocycles. The molecule has 0 saturated carbocycles. The maximum atomic E-state index is 4.49. The van der Waals surface area contributed by atoms with Gasteiger partial charge in [0.05, 0.1) is 0 Å². The molecule has 1 aromatic heterocycles. The van der Waals surface area contributed by atoms with Gasteiger partial charge in [-0.2, -0.15) is 0 Å². The van der Waals surface area contributed by atoms with Gasteiger partial charge in [0.1, 0.15) is 18.0 Å². The maximum absolute atomic E-state index is 4.49. The van der Waals surface area contributed by atoms with Crippen LogP contribution in [-0.2, 0) is 13.0 Å². The molecule has 1 aliphatic rings. The average Bonchev–Trinajstić information content (AvgIpc) is 2.54. The van der Waals surface area contributed by atoms with Crippen molar-refractivity contribution in [3.63, 3.8) is 0 Å². The fourth-order valence-electron chi connectivity index (χ4n) is 2.92. The fourth-order valence-corrected chi connectivity index (χ4v) is 2.92. The average molecular weight is 296 g/mol. The van der Waals surface area contributed by atoms with Crippen molar-refractivity contribution >= 4 is 11.6 Å². The van der Waals surface area contributed by atoms with Crippen LogP contribution in [-0.4, -0.2) is 22.1 Å². The Morgan fingerprint density at radius 1 is 1.27 bits per heavy atom. The third kappa shape index (κ3) is 3.06. The number of fused-ring (bicyclic) bond motifs is 1. The molecule has 4 nitrogen and oxygen atoms in total. The SMILES string of the molecule is CC[C@@H](C)Nc1cc(N2Cc3ccccc3C[C@@H]2C)ncn1. The molecule has 0 unspecified atom stereocenters. The van der Waals surface area contributed by atoms with E-state index in [4.69, 9.17) is 0 Å². The molecule has 2 atom stereocenters. The number of nitrogens with zero attached hydrogens (tertiary/aromatic N) is 3. The van der Waals surface area contributed by atoms with E-state index >= 15 is 0 Å². The van der Waals surface area contributed by atoms with Crippen LogP contribution in [0.2, 0.25) is 0 Å². The van der Waals surface area contributed by atoms with Gasteiger partial charge in [0, 0.05) is 24.7 Å². The van der Waals surface area contributed by atoms with Crippen LogP contribution >= 0.6 is 0 Å². The second kappa shape index (κ2) is 6.34. The predicted octanol–water partition coefficient (Wildman–Crippen LogP) is 3.64. The minimum absolute atomic E-state index is 0.419. The van der Waals surface area contributed by atoms with Crippen molar-refractivity contribution in [2.45, 2.75) is 52.2 Å². The molecular formula is C18H24N4. The topological polar surface area (TPSA) is 41.0 Å². The van der Waals surface area contributed by atoms with Crippen LogP contribution in [0.25, 0.3) is 0 Å². The molecule has 4 heteroatoms. The summed E-state index contributed by atoms with van der Waals surface area (Å²) in [4.78, 5) is 11.2. The minimum Gasteiger partial charge on any atom is -0.367 e. The van der Waals surface area contributed by atoms with E-state index < -0.39 is 0 Å². The van der Waals surface area contributed by atoms with Crippen molar-refractivity contribution < 1.29 is 0 Å². The van der Waals surface area contributed by atoms with Crippen molar-refractivity contribution in [2.24, 2.45) is 0 Å². The zero-order valence-electron chi connectivity index (χ0n) is 13.6. The number of benzene rings is 1. The monoisotopic (exact) mass is 296 g/mol. The summed E-state index contributed by atoms with van der Waals surface area (Å²) in [5, 5.41) is 3.43. The van der Waals surface area contributed by atoms with Crippen LogP contribution in [0.3, 0.4) is 0 Å². The van der Waals surface area contributed by atoms with Crippen molar-refractivity contribution in [3.05, 3.63) is 47.8 Å². The Morgan fingerprint density at radius 2 is 2.05 bits per heavy atom. The molecule has 0 radical (unpaired) electrons. The first-order valence-electron chi connectivity index (χ1n) is 8.09. The minimum atomic E-state index is 0.419. The summed E-state index contributed by atoms with van der Waals surface area (Å²) in [5.74, 6) is 1.91. The summed E-state index contributed by atoms with van der Waals surface area (Å²) in [6.07, 6.45) is 3.80. The summed E-state index contributed by atoms with van der Waals surface area (Å²) in [7, 11) is 0. The predicted molar refractivity (Wildman–Crippen MR) is 91.2 cm³/mol. The second-order valence-corrected chi connectivity index (χ2v) is 6.16. The molecule has 3 rings (SSSR count). The van der Waals surface area contributed by atoms with Crippen molar-refractivity contribution in [1.82, 2.24) is 9.97 Å². The Labute approximate surface area is 132 Å². The number of hydrogen-bond acceptors (Lipinski definition) is 4. The zero-order chi connectivity index (χ0) is 15.5. The Bertz CT molecular complexity index is 640. The molecular weight excluding hydrogens is 272 g/mol. The molecule has 1 aromatic carbocycles. The van der Waals surface area contributed by atoms with E-state index in [1.165, 1.54) is 11.1 Å². The van der Waals surface area contributed by atoms with Crippen LogP contribution in [0, 0.1) is 0 Å². The lowest BCUT2D eigenvalue weighted by molar-refractivity contribution is 0.586. The lowest BCUT2D eigenvalue weighted by Gasteiger charge is -2.36. The van der Waals surface area contributed by atoms with Crippen LogP contribution in [0.1, 0.15) is 38.3 Å². The van der Waals surface area contributed by atoms with Gasteiger partial charge in [-0.1, -0.05) is 31.2 Å². The van der Waals surface area contributed by atoms with Gasteiger partial charge >= 0.3 is 0 Å². The summed E-state index contributed by atoms with van der Waals surface area (Å²) in [6.45, 7) is 7.52. The van der Waals surface area contributed by atoms with Gasteiger partial charge in [0.25, 0.3) is 0 Å². The summed E-state index contributed by atoms with van der Waals surface area (Å²) in [5.41, 5.74) is 2.86. The molecule has 2 aromatic rings. The summed E-state index contributed by atoms with van der Waals surface area (Å²) >= 11 is 0. The lowest BCUT2D eigenvalue weighted by atomic mass is 9.95. The molecule has 0 amide bonds. The van der Waals surface area contributed by atoms with Gasteiger partial charge < -0.3 is 10.2 Å². The molecule has 22 heavy (non-hydrogen) atoms. The van der Waals surface area contributed by atoms with E-state index in [0.29, 0.717) is 12.1 Å². The Balaban J connectivity index is 1.83. The Kier molecular flexibility index (Phi) is 4.27. The Hall–Kier alpha value is -2.10. The molecule has 1 N–H and O–H groups in total. The van der Waals surface area contributed by atoms with Gasteiger partial charge in [-0.05, 0) is 37.8 Å². The first-order valence-corrected chi connectivity index (χ1v) is 8.09. The molecule has 0 fully saturated rings. The smallest absolute Gasteiger partial charge is 0.134 e. The van der Waals surface area contributed by atoms with E-state index in [9.17, 15) is 0 Å². The van der Waals surface area contributed by atoms with Crippen molar-refractivity contribution in [3.8, 4) is 0 Å². The van der Waals surface area contributed by atoms with Gasteiger partial charge in [-0.3, -0.25) is 0 Å². The molecule has 2 heterocycles. The number of rotatable bonds is 4. The highest BCUT2D eigenvalue weighted by molar-refractivity contribution is 5.51. The summed E-state index contributed by atoms with van der Waals surface area (Å²) < 4.78 is 0. The third-order valence-electron chi connectivity index (χ3n) is 4.46. The van der Waals surface area contributed by atoms with Crippen LogP contribution in [0.4, 0.5) is 11.6 Å². The van der Waals surface area contributed by atoms with Crippen LogP contribution in [0.5, 0.6) is 0 Å². The van der Waals surface area contributed by atoms with Crippen LogP contribution in [0.15, 0.2) is 36.7 Å². The first-order chi connectivity index (χ1) is 10.7. The molecule has 0 spiro atoms.